The molecule has 2 aliphatic heterocycles. The molecular formula is C13H22N2O2. The van der Waals surface area contributed by atoms with Crippen LogP contribution in [0.4, 0.5) is 0 Å². The zero-order valence-corrected chi connectivity index (χ0v) is 10.4. The topological polar surface area (TPSA) is 41.6 Å². The lowest BCUT2D eigenvalue weighted by Gasteiger charge is -2.20. The van der Waals surface area contributed by atoms with Gasteiger partial charge in [0.05, 0.1) is 13.2 Å². The van der Waals surface area contributed by atoms with E-state index in [0.717, 1.165) is 39.0 Å². The average Bonchev–Trinajstić information content (AvgIpc) is 2.89. The molecule has 0 aliphatic carbocycles. The van der Waals surface area contributed by atoms with E-state index in [1.165, 1.54) is 0 Å². The summed E-state index contributed by atoms with van der Waals surface area (Å²) in [4.78, 5) is 13.7. The summed E-state index contributed by atoms with van der Waals surface area (Å²) in [6.45, 7) is 6.89. The number of amides is 1. The highest BCUT2D eigenvalue weighted by atomic mass is 16.5. The van der Waals surface area contributed by atoms with Crippen molar-refractivity contribution in [3.05, 3.63) is 12.7 Å². The van der Waals surface area contributed by atoms with E-state index in [0.29, 0.717) is 31.0 Å². The van der Waals surface area contributed by atoms with Crippen molar-refractivity contribution in [3.63, 3.8) is 0 Å². The Balaban J connectivity index is 1.63. The van der Waals surface area contributed by atoms with Gasteiger partial charge in [-0.2, -0.15) is 0 Å². The van der Waals surface area contributed by atoms with Crippen LogP contribution in [0.25, 0.3) is 0 Å². The van der Waals surface area contributed by atoms with Gasteiger partial charge in [0, 0.05) is 31.6 Å². The predicted molar refractivity (Wildman–Crippen MR) is 66.8 cm³/mol. The number of carbonyl (C=O) groups excluding carboxylic acids is 1. The summed E-state index contributed by atoms with van der Waals surface area (Å²) in [6, 6.07) is 0.781. The van der Waals surface area contributed by atoms with E-state index in [9.17, 15) is 4.79 Å². The minimum Gasteiger partial charge on any atom is -0.380 e. The van der Waals surface area contributed by atoms with Crippen LogP contribution in [-0.2, 0) is 9.53 Å². The van der Waals surface area contributed by atoms with E-state index in [1.54, 1.807) is 0 Å². The van der Waals surface area contributed by atoms with Gasteiger partial charge in [-0.3, -0.25) is 4.79 Å². The zero-order valence-electron chi connectivity index (χ0n) is 10.4. The lowest BCUT2D eigenvalue weighted by molar-refractivity contribution is -0.127. The van der Waals surface area contributed by atoms with Crippen LogP contribution in [0.2, 0.25) is 0 Å². The number of fused-ring (bicyclic) bond motifs is 1. The van der Waals surface area contributed by atoms with Crippen molar-refractivity contribution in [1.82, 2.24) is 10.2 Å². The molecule has 0 saturated carbocycles. The van der Waals surface area contributed by atoms with Crippen LogP contribution in [0.3, 0.4) is 0 Å². The van der Waals surface area contributed by atoms with Gasteiger partial charge in [-0.25, -0.2) is 0 Å². The summed E-state index contributed by atoms with van der Waals surface area (Å²) in [7, 11) is 0. The number of ether oxygens (including phenoxy) is 1. The number of nitrogens with one attached hydrogen (secondary N) is 1. The molecule has 17 heavy (non-hydrogen) atoms. The van der Waals surface area contributed by atoms with Crippen LogP contribution < -0.4 is 5.32 Å². The fraction of sp³-hybridized carbons (Fsp3) is 0.769. The standard InChI is InChI=1S/C13H22N2O2/c1-2-3-8-17-9-6-14-11-10-13(16)15-7-4-5-12(11)15/h2,11-12,14H,1,3-10H2. The Morgan fingerprint density at radius 1 is 1.53 bits per heavy atom. The number of carbonyl (C=O) groups is 1. The van der Waals surface area contributed by atoms with Crippen molar-refractivity contribution < 1.29 is 9.53 Å². The van der Waals surface area contributed by atoms with Gasteiger partial charge in [0.1, 0.15) is 0 Å². The second-order valence-corrected chi connectivity index (χ2v) is 4.75. The van der Waals surface area contributed by atoms with Gasteiger partial charge >= 0.3 is 0 Å². The fourth-order valence-corrected chi connectivity index (χ4v) is 2.76. The first-order chi connectivity index (χ1) is 8.33. The summed E-state index contributed by atoms with van der Waals surface area (Å²) < 4.78 is 5.44. The molecule has 2 saturated heterocycles. The SMILES string of the molecule is C=CCCOCCNC1CC(=O)N2CCCC12. The van der Waals surface area contributed by atoms with Crippen molar-refractivity contribution >= 4 is 5.91 Å². The third-order valence-corrected chi connectivity index (χ3v) is 3.60. The summed E-state index contributed by atoms with van der Waals surface area (Å²) in [6.07, 6.45) is 5.74. The smallest absolute Gasteiger partial charge is 0.224 e. The molecule has 4 heteroatoms. The minimum absolute atomic E-state index is 0.317. The third kappa shape index (κ3) is 3.07. The van der Waals surface area contributed by atoms with E-state index >= 15 is 0 Å². The van der Waals surface area contributed by atoms with Gasteiger partial charge in [0.25, 0.3) is 0 Å². The Morgan fingerprint density at radius 3 is 3.24 bits per heavy atom. The van der Waals surface area contributed by atoms with E-state index < -0.39 is 0 Å². The number of hydrogen-bond donors (Lipinski definition) is 1. The molecule has 0 radical (unpaired) electrons. The first-order valence-corrected chi connectivity index (χ1v) is 6.54. The second-order valence-electron chi connectivity index (χ2n) is 4.75. The van der Waals surface area contributed by atoms with Gasteiger partial charge in [0.2, 0.25) is 5.91 Å². The molecule has 2 heterocycles. The average molecular weight is 238 g/mol. The Hall–Kier alpha value is -0.870. The van der Waals surface area contributed by atoms with Crippen LogP contribution in [-0.4, -0.2) is 49.2 Å². The van der Waals surface area contributed by atoms with Crippen LogP contribution >= 0.6 is 0 Å². The molecule has 0 aromatic rings. The molecule has 1 amide bonds. The first kappa shape index (κ1) is 12.6. The minimum atomic E-state index is 0.317. The molecular weight excluding hydrogens is 216 g/mol. The number of rotatable bonds is 7. The molecule has 4 nitrogen and oxygen atoms in total. The van der Waals surface area contributed by atoms with Gasteiger partial charge in [-0.15, -0.1) is 6.58 Å². The lowest BCUT2D eigenvalue weighted by atomic mass is 10.1. The largest absolute Gasteiger partial charge is 0.380 e. The summed E-state index contributed by atoms with van der Waals surface area (Å²) in [5.74, 6) is 0.317. The van der Waals surface area contributed by atoms with Gasteiger partial charge in [-0.05, 0) is 19.3 Å². The Labute approximate surface area is 103 Å². The molecule has 2 fully saturated rings. The predicted octanol–water partition coefficient (Wildman–Crippen LogP) is 0.932. The van der Waals surface area contributed by atoms with Crippen LogP contribution in [0.5, 0.6) is 0 Å². The van der Waals surface area contributed by atoms with Crippen LogP contribution in [0.1, 0.15) is 25.7 Å². The highest BCUT2D eigenvalue weighted by Crippen LogP contribution is 2.28. The normalized spacial score (nSPS) is 27.5. The number of nitrogens with zero attached hydrogens (tertiary/aromatic N) is 1. The molecule has 0 bridgehead atoms. The highest BCUT2D eigenvalue weighted by molar-refractivity contribution is 5.80. The van der Waals surface area contributed by atoms with E-state index in [-0.39, 0.29) is 0 Å². The lowest BCUT2D eigenvalue weighted by Crippen LogP contribution is -2.40. The maximum Gasteiger partial charge on any atom is 0.224 e. The second kappa shape index (κ2) is 6.17. The molecule has 0 spiro atoms. The van der Waals surface area contributed by atoms with Gasteiger partial charge < -0.3 is 15.0 Å². The van der Waals surface area contributed by atoms with Crippen LogP contribution in [0, 0.1) is 0 Å². The molecule has 0 aromatic heterocycles. The monoisotopic (exact) mass is 238 g/mol. The maximum absolute atomic E-state index is 11.7. The summed E-state index contributed by atoms with van der Waals surface area (Å²) in [5.41, 5.74) is 0. The molecule has 2 aliphatic rings. The molecule has 2 atom stereocenters. The molecule has 2 unspecified atom stereocenters. The van der Waals surface area contributed by atoms with Gasteiger partial charge in [0.15, 0.2) is 0 Å². The maximum atomic E-state index is 11.7. The fourth-order valence-electron chi connectivity index (χ4n) is 2.76. The first-order valence-electron chi connectivity index (χ1n) is 6.54. The Morgan fingerprint density at radius 2 is 2.41 bits per heavy atom. The number of hydrogen-bond acceptors (Lipinski definition) is 3. The Kier molecular flexibility index (Phi) is 4.57. The van der Waals surface area contributed by atoms with E-state index in [1.807, 2.05) is 11.0 Å². The van der Waals surface area contributed by atoms with Crippen molar-refractivity contribution in [2.45, 2.75) is 37.8 Å². The van der Waals surface area contributed by atoms with Crippen molar-refractivity contribution in [2.24, 2.45) is 0 Å². The molecule has 96 valence electrons. The zero-order chi connectivity index (χ0) is 12.1. The van der Waals surface area contributed by atoms with Crippen molar-refractivity contribution in [1.29, 1.82) is 0 Å². The quantitative estimate of drug-likeness (QED) is 0.530. The van der Waals surface area contributed by atoms with Crippen molar-refractivity contribution in [2.75, 3.05) is 26.3 Å². The molecule has 0 aromatic carbocycles. The molecule has 2 rings (SSSR count). The van der Waals surface area contributed by atoms with E-state index in [4.69, 9.17) is 4.74 Å². The summed E-state index contributed by atoms with van der Waals surface area (Å²) in [5, 5.41) is 3.45. The van der Waals surface area contributed by atoms with Crippen LogP contribution in [0.15, 0.2) is 12.7 Å². The highest BCUT2D eigenvalue weighted by Gasteiger charge is 2.41. The molecule has 1 N–H and O–H groups in total. The van der Waals surface area contributed by atoms with E-state index in [2.05, 4.69) is 11.9 Å². The summed E-state index contributed by atoms with van der Waals surface area (Å²) >= 11 is 0. The van der Waals surface area contributed by atoms with Gasteiger partial charge in [-0.1, -0.05) is 6.08 Å². The third-order valence-electron chi connectivity index (χ3n) is 3.60. The van der Waals surface area contributed by atoms with Crippen molar-refractivity contribution in [3.8, 4) is 0 Å². The Bertz CT molecular complexity index is 281.